The van der Waals surface area contributed by atoms with E-state index in [2.05, 4.69) is 51.9 Å². The predicted molar refractivity (Wildman–Crippen MR) is 117 cm³/mol. The van der Waals surface area contributed by atoms with Crippen molar-refractivity contribution in [2.45, 2.75) is 25.2 Å². The van der Waals surface area contributed by atoms with Crippen molar-refractivity contribution in [1.29, 1.82) is 0 Å². The number of aromatic nitrogens is 2. The van der Waals surface area contributed by atoms with E-state index in [9.17, 15) is 4.79 Å². The second kappa shape index (κ2) is 7.87. The van der Waals surface area contributed by atoms with Crippen LogP contribution in [0.5, 0.6) is 0 Å². The molecule has 6 nitrogen and oxygen atoms in total. The van der Waals surface area contributed by atoms with Crippen LogP contribution in [0.15, 0.2) is 48.5 Å². The molecule has 6 heteroatoms. The van der Waals surface area contributed by atoms with Gasteiger partial charge in [-0.2, -0.15) is 5.10 Å². The monoisotopic (exact) mass is 391 g/mol. The number of nitrogens with one attached hydrogen (secondary N) is 2. The van der Waals surface area contributed by atoms with Gasteiger partial charge < -0.3 is 15.5 Å². The zero-order valence-corrected chi connectivity index (χ0v) is 17.4. The first-order valence-electron chi connectivity index (χ1n) is 10.2. The van der Waals surface area contributed by atoms with Gasteiger partial charge in [0.25, 0.3) is 0 Å². The van der Waals surface area contributed by atoms with Crippen LogP contribution >= 0.6 is 0 Å². The zero-order valence-electron chi connectivity index (χ0n) is 17.4. The van der Waals surface area contributed by atoms with E-state index in [1.165, 1.54) is 5.56 Å². The van der Waals surface area contributed by atoms with Gasteiger partial charge in [-0.3, -0.25) is 4.68 Å². The lowest BCUT2D eigenvalue weighted by Crippen LogP contribution is -2.48. The van der Waals surface area contributed by atoms with Crippen LogP contribution in [-0.2, 0) is 12.5 Å². The molecule has 152 valence electrons. The number of hydrogen-bond donors (Lipinski definition) is 2. The summed E-state index contributed by atoms with van der Waals surface area (Å²) in [6.07, 6.45) is 2.07. The minimum Gasteiger partial charge on any atom is -0.337 e. The van der Waals surface area contributed by atoms with Crippen molar-refractivity contribution in [2.75, 3.05) is 32.0 Å². The first kappa shape index (κ1) is 19.5. The smallest absolute Gasteiger partial charge is 0.319 e. The largest absolute Gasteiger partial charge is 0.337 e. The number of fused-ring (bicyclic) bond motifs is 1. The molecule has 0 atom stereocenters. The molecule has 2 N–H and O–H groups in total. The van der Waals surface area contributed by atoms with E-state index in [0.717, 1.165) is 48.2 Å². The van der Waals surface area contributed by atoms with E-state index in [1.54, 1.807) is 0 Å². The number of nitrogens with zero attached hydrogens (tertiary/aromatic N) is 3. The summed E-state index contributed by atoms with van der Waals surface area (Å²) in [6, 6.07) is 16.3. The van der Waals surface area contributed by atoms with Crippen molar-refractivity contribution in [3.05, 3.63) is 59.8 Å². The molecule has 0 spiro atoms. The third-order valence-electron chi connectivity index (χ3n) is 6.31. The molecule has 2 heterocycles. The predicted octanol–water partition coefficient (Wildman–Crippen LogP) is 3.67. The van der Waals surface area contributed by atoms with Gasteiger partial charge in [-0.05, 0) is 63.7 Å². The van der Waals surface area contributed by atoms with E-state index in [4.69, 9.17) is 0 Å². The number of likely N-dealkylation sites (tertiary alicyclic amines) is 1. The van der Waals surface area contributed by atoms with Crippen molar-refractivity contribution < 1.29 is 4.79 Å². The molecule has 0 bridgehead atoms. The van der Waals surface area contributed by atoms with Gasteiger partial charge in [0.1, 0.15) is 0 Å². The topological polar surface area (TPSA) is 62.2 Å². The Bertz CT molecular complexity index is 1000. The number of carbonyl (C=O) groups is 1. The third-order valence-corrected chi connectivity index (χ3v) is 6.31. The highest BCUT2D eigenvalue weighted by Crippen LogP contribution is 2.34. The first-order chi connectivity index (χ1) is 14.0. The molecule has 1 fully saturated rings. The lowest BCUT2D eigenvalue weighted by molar-refractivity contribution is 0.183. The molecule has 0 unspecified atom stereocenters. The number of carbonyl (C=O) groups excluding carboxylic acids is 1. The molecule has 1 aliphatic heterocycles. The van der Waals surface area contributed by atoms with E-state index in [0.29, 0.717) is 6.54 Å². The highest BCUT2D eigenvalue weighted by molar-refractivity contribution is 5.93. The molecule has 2 aromatic carbocycles. The van der Waals surface area contributed by atoms with E-state index < -0.39 is 0 Å². The number of rotatable bonds is 4. The standard InChI is InChI=1S/C23H29N5O/c1-17-20-10-9-19(15-21(20)26-28(17)3)25-22(29)24-16-23(11-13-27(2)14-12-23)18-7-5-4-6-8-18/h4-10,15H,11-14,16H2,1-3H3,(H2,24,25,29). The average molecular weight is 392 g/mol. The van der Waals surface area contributed by atoms with Crippen LogP contribution < -0.4 is 10.6 Å². The normalized spacial score (nSPS) is 16.7. The number of hydrogen-bond acceptors (Lipinski definition) is 3. The molecule has 0 aliphatic carbocycles. The van der Waals surface area contributed by atoms with Gasteiger partial charge >= 0.3 is 6.03 Å². The number of benzene rings is 2. The fraction of sp³-hybridized carbons (Fsp3) is 0.391. The minimum atomic E-state index is -0.175. The van der Waals surface area contributed by atoms with Crippen molar-refractivity contribution in [3.8, 4) is 0 Å². The van der Waals surface area contributed by atoms with E-state index in [1.807, 2.05) is 42.9 Å². The molecule has 3 aromatic rings. The summed E-state index contributed by atoms with van der Waals surface area (Å²) in [7, 11) is 4.09. The minimum absolute atomic E-state index is 0.0207. The van der Waals surface area contributed by atoms with Crippen LogP contribution in [-0.4, -0.2) is 47.4 Å². The second-order valence-electron chi connectivity index (χ2n) is 8.20. The van der Waals surface area contributed by atoms with Crippen LogP contribution in [0.25, 0.3) is 10.9 Å². The Kier molecular flexibility index (Phi) is 5.28. The Morgan fingerprint density at radius 3 is 2.55 bits per heavy atom. The van der Waals surface area contributed by atoms with Crippen molar-refractivity contribution in [3.63, 3.8) is 0 Å². The summed E-state index contributed by atoms with van der Waals surface area (Å²) < 4.78 is 1.86. The van der Waals surface area contributed by atoms with Crippen molar-refractivity contribution >= 4 is 22.6 Å². The fourth-order valence-corrected chi connectivity index (χ4v) is 4.24. The highest BCUT2D eigenvalue weighted by atomic mass is 16.2. The Morgan fingerprint density at radius 1 is 1.10 bits per heavy atom. The number of piperidine rings is 1. The van der Waals surface area contributed by atoms with Gasteiger partial charge in [0.15, 0.2) is 0 Å². The fourth-order valence-electron chi connectivity index (χ4n) is 4.24. The Hall–Kier alpha value is -2.86. The SMILES string of the molecule is Cc1c2ccc(NC(=O)NCC3(c4ccccc4)CCN(C)CC3)cc2nn1C. The Labute approximate surface area is 171 Å². The summed E-state index contributed by atoms with van der Waals surface area (Å²) in [4.78, 5) is 15.0. The molecule has 4 rings (SSSR count). The molecule has 1 aliphatic rings. The van der Waals surface area contributed by atoms with Crippen LogP contribution in [0, 0.1) is 6.92 Å². The summed E-state index contributed by atoms with van der Waals surface area (Å²) in [6.45, 7) is 4.74. The van der Waals surface area contributed by atoms with Crippen molar-refractivity contribution in [1.82, 2.24) is 20.0 Å². The van der Waals surface area contributed by atoms with Crippen LogP contribution in [0.4, 0.5) is 10.5 Å². The van der Waals surface area contributed by atoms with Gasteiger partial charge in [-0.15, -0.1) is 0 Å². The molecule has 1 aromatic heterocycles. The van der Waals surface area contributed by atoms with Crippen LogP contribution in [0.3, 0.4) is 0 Å². The quantitative estimate of drug-likeness (QED) is 0.713. The lowest BCUT2D eigenvalue weighted by Gasteiger charge is -2.41. The molecular weight excluding hydrogens is 362 g/mol. The second-order valence-corrected chi connectivity index (χ2v) is 8.20. The Morgan fingerprint density at radius 2 is 1.83 bits per heavy atom. The summed E-state index contributed by atoms with van der Waals surface area (Å²) in [5, 5.41) is 11.7. The van der Waals surface area contributed by atoms with Gasteiger partial charge in [-0.25, -0.2) is 4.79 Å². The maximum absolute atomic E-state index is 12.6. The molecule has 1 saturated heterocycles. The average Bonchev–Trinajstić information content (AvgIpc) is 3.02. The maximum atomic E-state index is 12.6. The van der Waals surface area contributed by atoms with Gasteiger partial charge in [0.2, 0.25) is 0 Å². The van der Waals surface area contributed by atoms with Crippen molar-refractivity contribution in [2.24, 2.45) is 7.05 Å². The molecule has 0 saturated carbocycles. The van der Waals surface area contributed by atoms with E-state index >= 15 is 0 Å². The van der Waals surface area contributed by atoms with Crippen LogP contribution in [0.2, 0.25) is 0 Å². The van der Waals surface area contributed by atoms with Gasteiger partial charge in [0.05, 0.1) is 5.52 Å². The zero-order chi connectivity index (χ0) is 20.4. The third kappa shape index (κ3) is 3.98. The number of aryl methyl sites for hydroxylation is 2. The lowest BCUT2D eigenvalue weighted by atomic mass is 9.72. The molecule has 0 radical (unpaired) electrons. The first-order valence-corrected chi connectivity index (χ1v) is 10.2. The van der Waals surface area contributed by atoms with Gasteiger partial charge in [-0.1, -0.05) is 30.3 Å². The molecule has 29 heavy (non-hydrogen) atoms. The maximum Gasteiger partial charge on any atom is 0.319 e. The Balaban J connectivity index is 1.46. The van der Waals surface area contributed by atoms with E-state index in [-0.39, 0.29) is 11.4 Å². The summed E-state index contributed by atoms with van der Waals surface area (Å²) in [5.74, 6) is 0. The van der Waals surface area contributed by atoms with Gasteiger partial charge in [0, 0.05) is 35.8 Å². The number of amides is 2. The van der Waals surface area contributed by atoms with Crippen LogP contribution in [0.1, 0.15) is 24.1 Å². The number of urea groups is 1. The summed E-state index contributed by atoms with van der Waals surface area (Å²) in [5.41, 5.74) is 4.04. The molecular formula is C23H29N5O. The highest BCUT2D eigenvalue weighted by Gasteiger charge is 2.35. The molecule has 2 amide bonds. The number of anilines is 1. The summed E-state index contributed by atoms with van der Waals surface area (Å²) >= 11 is 0.